The summed E-state index contributed by atoms with van der Waals surface area (Å²) in [6.45, 7) is 4.16. The van der Waals surface area contributed by atoms with Crippen LogP contribution in [-0.4, -0.2) is 63.9 Å². The molecule has 2 fully saturated rings. The predicted molar refractivity (Wildman–Crippen MR) is 174 cm³/mol. The van der Waals surface area contributed by atoms with Gasteiger partial charge in [-0.3, -0.25) is 9.47 Å². The van der Waals surface area contributed by atoms with Crippen LogP contribution in [0.5, 0.6) is 0 Å². The lowest BCUT2D eigenvalue weighted by Gasteiger charge is -2.32. The van der Waals surface area contributed by atoms with E-state index in [9.17, 15) is 4.79 Å². The van der Waals surface area contributed by atoms with Gasteiger partial charge in [0.15, 0.2) is 0 Å². The summed E-state index contributed by atoms with van der Waals surface area (Å²) >= 11 is 0. The molecule has 5 heterocycles. The molecule has 1 unspecified atom stereocenters. The van der Waals surface area contributed by atoms with E-state index >= 15 is 0 Å². The lowest BCUT2D eigenvalue weighted by Crippen LogP contribution is -2.33. The second-order valence-electron chi connectivity index (χ2n) is 12.3. The van der Waals surface area contributed by atoms with E-state index in [-0.39, 0.29) is 12.2 Å². The Balaban J connectivity index is 1.12. The van der Waals surface area contributed by atoms with Gasteiger partial charge in [-0.05, 0) is 104 Å². The molecule has 0 aliphatic carbocycles. The van der Waals surface area contributed by atoms with Gasteiger partial charge in [-0.2, -0.15) is 0 Å². The number of carbonyl (C=O) groups excluding carboxylic acids is 1. The van der Waals surface area contributed by atoms with Crippen LogP contribution in [0.3, 0.4) is 0 Å². The minimum Gasteiger partial charge on any atom is -0.465 e. The van der Waals surface area contributed by atoms with Crippen molar-refractivity contribution in [3.63, 3.8) is 0 Å². The monoisotopic (exact) mass is 607 g/mol. The average molecular weight is 608 g/mol. The van der Waals surface area contributed by atoms with E-state index in [2.05, 4.69) is 63.5 Å². The Bertz CT molecular complexity index is 1810. The summed E-state index contributed by atoms with van der Waals surface area (Å²) in [5, 5.41) is 1.16. The summed E-state index contributed by atoms with van der Waals surface area (Å²) in [5.41, 5.74) is 8.50. The van der Waals surface area contributed by atoms with E-state index in [0.717, 1.165) is 91.8 Å². The molecule has 2 aliphatic rings. The number of piperidine rings is 1. The van der Waals surface area contributed by atoms with Gasteiger partial charge in [-0.15, -0.1) is 0 Å². The summed E-state index contributed by atoms with van der Waals surface area (Å²) in [6, 6.07) is 18.9. The van der Waals surface area contributed by atoms with Crippen LogP contribution < -0.4 is 0 Å². The summed E-state index contributed by atoms with van der Waals surface area (Å²) in [4.78, 5) is 24.1. The Morgan fingerprint density at radius 2 is 1.82 bits per heavy atom. The number of methoxy groups -OCH3 is 2. The molecule has 0 radical (unpaired) electrons. The maximum absolute atomic E-state index is 11.8. The highest BCUT2D eigenvalue weighted by molar-refractivity contribution is 5.96. The third-order valence-corrected chi connectivity index (χ3v) is 9.60. The third kappa shape index (κ3) is 5.76. The number of hydrogen-bond donors (Lipinski definition) is 0. The predicted octanol–water partition coefficient (Wildman–Crippen LogP) is 6.60. The van der Waals surface area contributed by atoms with Crippen LogP contribution in [0.2, 0.25) is 0 Å². The minimum atomic E-state index is -0.290. The van der Waals surface area contributed by atoms with Gasteiger partial charge < -0.3 is 18.8 Å². The summed E-state index contributed by atoms with van der Waals surface area (Å²) < 4.78 is 21.1. The molecule has 5 aromatic rings. The van der Waals surface area contributed by atoms with Crippen molar-refractivity contribution in [1.29, 1.82) is 0 Å². The van der Waals surface area contributed by atoms with Crippen LogP contribution in [0.15, 0.2) is 60.8 Å². The molecule has 7 rings (SSSR count). The van der Waals surface area contributed by atoms with Crippen molar-refractivity contribution in [3.05, 3.63) is 83.4 Å². The summed E-state index contributed by atoms with van der Waals surface area (Å²) in [7, 11) is 5.26. The molecule has 0 saturated carbocycles. The number of hydrogen-bond acceptors (Lipinski definition) is 7. The van der Waals surface area contributed by atoms with Gasteiger partial charge in [0.2, 0.25) is 0 Å². The molecular formula is C36H41N5O4. The van der Waals surface area contributed by atoms with Crippen molar-refractivity contribution in [2.24, 2.45) is 7.05 Å². The molecule has 0 bridgehead atoms. The van der Waals surface area contributed by atoms with Gasteiger partial charge in [0, 0.05) is 44.6 Å². The van der Waals surface area contributed by atoms with Gasteiger partial charge >= 0.3 is 5.97 Å². The van der Waals surface area contributed by atoms with Crippen LogP contribution in [0, 0.1) is 0 Å². The standard InChI is InChI=1S/C36H41N5O4/c1-39-28(22-40-17-14-25(15-18-40)24-7-9-26(10-8-24)36(42)44-3)21-30-29(13-16-37-35(30)39)27-11-12-31-32(20-27)41(33(38-31)23-43-2)34-6-4-5-19-45-34/h7-13,16,20-21,25,34H,4-6,14-15,17-19,22-23H2,1-3H3. The fourth-order valence-electron chi connectivity index (χ4n) is 7.13. The molecule has 45 heavy (non-hydrogen) atoms. The number of carbonyl (C=O) groups is 1. The Morgan fingerprint density at radius 1 is 1.00 bits per heavy atom. The second kappa shape index (κ2) is 12.7. The Morgan fingerprint density at radius 3 is 2.56 bits per heavy atom. The number of rotatable bonds is 8. The maximum Gasteiger partial charge on any atom is 0.337 e. The lowest BCUT2D eigenvalue weighted by molar-refractivity contribution is -0.0332. The molecule has 2 aliphatic heterocycles. The van der Waals surface area contributed by atoms with E-state index in [1.807, 2.05) is 18.3 Å². The highest BCUT2D eigenvalue weighted by Gasteiger charge is 2.24. The number of imidazole rings is 1. The molecule has 2 saturated heterocycles. The van der Waals surface area contributed by atoms with Gasteiger partial charge in [0.1, 0.15) is 24.3 Å². The molecule has 0 amide bonds. The van der Waals surface area contributed by atoms with Crippen molar-refractivity contribution < 1.29 is 19.0 Å². The van der Waals surface area contributed by atoms with E-state index in [4.69, 9.17) is 24.2 Å². The molecule has 2 aromatic carbocycles. The first-order chi connectivity index (χ1) is 22.0. The van der Waals surface area contributed by atoms with Crippen LogP contribution in [0.25, 0.3) is 33.2 Å². The van der Waals surface area contributed by atoms with Crippen molar-refractivity contribution in [1.82, 2.24) is 24.0 Å². The Kier molecular flexibility index (Phi) is 8.40. The van der Waals surface area contributed by atoms with E-state index in [1.54, 1.807) is 7.11 Å². The fourth-order valence-corrected chi connectivity index (χ4v) is 7.13. The molecule has 0 spiro atoms. The summed E-state index contributed by atoms with van der Waals surface area (Å²) in [5.74, 6) is 1.11. The molecule has 3 aromatic heterocycles. The summed E-state index contributed by atoms with van der Waals surface area (Å²) in [6.07, 6.45) is 7.31. The van der Waals surface area contributed by atoms with Crippen molar-refractivity contribution in [2.75, 3.05) is 33.9 Å². The number of pyridine rings is 1. The van der Waals surface area contributed by atoms with Crippen LogP contribution in [-0.2, 0) is 34.4 Å². The zero-order valence-electron chi connectivity index (χ0n) is 26.4. The van der Waals surface area contributed by atoms with Gasteiger partial charge in [0.05, 0.1) is 23.7 Å². The number of esters is 1. The molecule has 9 heteroatoms. The van der Waals surface area contributed by atoms with Gasteiger partial charge in [-0.1, -0.05) is 18.2 Å². The zero-order chi connectivity index (χ0) is 30.9. The number of nitrogens with zero attached hydrogens (tertiary/aromatic N) is 5. The minimum absolute atomic E-state index is 0.0201. The Labute approximate surface area is 263 Å². The molecule has 234 valence electrons. The lowest BCUT2D eigenvalue weighted by atomic mass is 9.89. The fraction of sp³-hybridized carbons (Fsp3) is 0.417. The van der Waals surface area contributed by atoms with Crippen LogP contribution >= 0.6 is 0 Å². The number of ether oxygens (including phenoxy) is 3. The Hall–Kier alpha value is -4.05. The first-order valence-electron chi connectivity index (χ1n) is 16.0. The van der Waals surface area contributed by atoms with E-state index in [1.165, 1.54) is 23.9 Å². The highest BCUT2D eigenvalue weighted by Crippen LogP contribution is 2.35. The number of aromatic nitrogens is 4. The first kappa shape index (κ1) is 29.6. The van der Waals surface area contributed by atoms with Crippen molar-refractivity contribution >= 4 is 28.0 Å². The second-order valence-corrected chi connectivity index (χ2v) is 12.3. The molecule has 9 nitrogen and oxygen atoms in total. The van der Waals surface area contributed by atoms with E-state index < -0.39 is 0 Å². The molecular weight excluding hydrogens is 566 g/mol. The van der Waals surface area contributed by atoms with Crippen molar-refractivity contribution in [2.45, 2.75) is 57.4 Å². The number of benzene rings is 2. The van der Waals surface area contributed by atoms with Gasteiger partial charge in [-0.25, -0.2) is 14.8 Å². The maximum atomic E-state index is 11.8. The molecule has 0 N–H and O–H groups in total. The van der Waals surface area contributed by atoms with E-state index in [0.29, 0.717) is 18.1 Å². The average Bonchev–Trinajstić information content (AvgIpc) is 3.61. The van der Waals surface area contributed by atoms with Crippen LogP contribution in [0.4, 0.5) is 0 Å². The van der Waals surface area contributed by atoms with Crippen LogP contribution in [0.1, 0.15) is 71.7 Å². The zero-order valence-corrected chi connectivity index (χ0v) is 26.4. The van der Waals surface area contributed by atoms with Gasteiger partial charge in [0.25, 0.3) is 0 Å². The number of fused-ring (bicyclic) bond motifs is 2. The normalized spacial score (nSPS) is 18.2. The highest BCUT2D eigenvalue weighted by atomic mass is 16.5. The smallest absolute Gasteiger partial charge is 0.337 e. The molecule has 1 atom stereocenters. The topological polar surface area (TPSA) is 83.6 Å². The number of aryl methyl sites for hydroxylation is 1. The van der Waals surface area contributed by atoms with Crippen molar-refractivity contribution in [3.8, 4) is 11.1 Å². The number of likely N-dealkylation sites (tertiary alicyclic amines) is 1. The third-order valence-electron chi connectivity index (χ3n) is 9.60. The quantitative estimate of drug-likeness (QED) is 0.184. The SMILES string of the molecule is COCc1nc2ccc(-c3ccnc4c3cc(CN3CCC(c5ccc(C(=O)OC)cc5)CC3)n4C)cc2n1C1CCCCO1. The first-order valence-corrected chi connectivity index (χ1v) is 16.0. The largest absolute Gasteiger partial charge is 0.465 e.